The van der Waals surface area contributed by atoms with Gasteiger partial charge in [0.25, 0.3) is 0 Å². The summed E-state index contributed by atoms with van der Waals surface area (Å²) in [6.45, 7) is 9.77. The largest absolute Gasteiger partial charge is 0.494 e. The fourth-order valence-electron chi connectivity index (χ4n) is 13.1. The van der Waals surface area contributed by atoms with Crippen LogP contribution in [0.3, 0.4) is 0 Å². The van der Waals surface area contributed by atoms with Gasteiger partial charge in [0.15, 0.2) is 11.6 Å². The molecule has 0 aliphatic heterocycles. The molecule has 132 heavy (non-hydrogen) atoms. The van der Waals surface area contributed by atoms with Gasteiger partial charge in [0.1, 0.15) is 61.3 Å². The van der Waals surface area contributed by atoms with E-state index in [1.165, 1.54) is 31.2 Å². The molecule has 0 radical (unpaired) electrons. The van der Waals surface area contributed by atoms with Crippen LogP contribution in [-0.2, 0) is 105 Å². The van der Waals surface area contributed by atoms with Crippen LogP contribution in [0.5, 0.6) is 11.5 Å². The lowest BCUT2D eigenvalue weighted by Gasteiger charge is -2.20. The van der Waals surface area contributed by atoms with Crippen molar-refractivity contribution in [3.8, 4) is 11.5 Å². The number of nitrogens with one attached hydrogen (secondary N) is 7. The Morgan fingerprint density at radius 1 is 0.303 bits per heavy atom. The van der Waals surface area contributed by atoms with Crippen molar-refractivity contribution in [3.63, 3.8) is 0 Å². The second-order valence-electron chi connectivity index (χ2n) is 32.0. The van der Waals surface area contributed by atoms with Gasteiger partial charge in [-0.2, -0.15) is 0 Å². The number of carboxylic acid groups (broad SMARTS) is 5. The molecule has 2 rings (SSSR count). The lowest BCUT2D eigenvalue weighted by molar-refractivity contribution is -0.144. The Morgan fingerprint density at radius 3 is 1.16 bits per heavy atom. The third-order valence-corrected chi connectivity index (χ3v) is 20.7. The van der Waals surface area contributed by atoms with Crippen LogP contribution < -0.4 is 46.7 Å². The SMILES string of the molecule is CCC[C@@H](CCCCNC(=O)COCCOCCNC(=O)COCCOCCCC(=O)CC[C@H](NC(=O)CCCCCCCCCOc1ccc(C(=O)O)cc1)C(=O)O)C(=O)N[C@@H](CCC(=O)O)C(C)=O.CN[C@@H](CCCCNC(=O)COCCOCCCC(=O)COCCOCCNC(=O)CC[C@H](CC(=O)CCCCCCCCCOc1ccc(C(=O)O)cc1)C(=O)O)C(C)=O. The van der Waals surface area contributed by atoms with E-state index >= 15 is 0 Å². The standard InChI is InChI=1S/C50H80N4O17.C44H71N3O14/c1-3-14-38(48(62)54-42(37(2)55)24-25-47(60)61)15-10-11-26-51-45(58)35-70-34-32-68-30-27-52-46(59)36-69-33-31-67-28-13-16-40(56)20-23-43(50(65)66)53-44(57)17-9-7-5-4-6-8-12-29-71-41-21-18-39(19-22-41)49(63)64;1-34(48)40(45-2)15-9-10-22-46-42(52)33-60-30-27-57-24-12-14-38(50)32-59-29-28-58-26-23-47-41(51)21-18-36(44(55)56)31-37(49)13-8-6-4-3-5-7-11-25-61-39-19-16-35(17-20-39)43(53)54/h18-19,21-22,38,42-43H,3-17,20,23-36H2,1-2H3,(H,51,58)(H,52,59)(H,53,57)(H,54,62)(H,60,61)(H,63,64)(H,65,66);16-17,19-20,36,40,45H,3-15,18,21-33H2,1-2H3,(H,46,52)(H,47,51)(H,53,54)(H,55,56)/t38-,42-,43-;36-,40+/m01/s1. The van der Waals surface area contributed by atoms with Crippen molar-refractivity contribution < 1.29 is 150 Å². The van der Waals surface area contributed by atoms with Gasteiger partial charge in [-0.05, 0) is 166 Å². The summed E-state index contributed by atoms with van der Waals surface area (Å²) >= 11 is 0. The Bertz CT molecular complexity index is 3590. The quantitative estimate of drug-likeness (QED) is 0.0275. The summed E-state index contributed by atoms with van der Waals surface area (Å²) in [7, 11) is 1.76. The molecule has 748 valence electrons. The topological polar surface area (TPSA) is 551 Å². The molecule has 0 saturated carbocycles. The first kappa shape index (κ1) is 120. The Morgan fingerprint density at radius 2 is 0.712 bits per heavy atom. The fourth-order valence-corrected chi connectivity index (χ4v) is 13.1. The Labute approximate surface area is 776 Å². The van der Waals surface area contributed by atoms with E-state index in [0.29, 0.717) is 115 Å². The van der Waals surface area contributed by atoms with Crippen molar-refractivity contribution in [2.24, 2.45) is 11.8 Å². The zero-order valence-corrected chi connectivity index (χ0v) is 78.2. The number of rotatable bonds is 89. The first-order valence-corrected chi connectivity index (χ1v) is 46.7. The molecule has 0 saturated heterocycles. The van der Waals surface area contributed by atoms with Gasteiger partial charge in [0.05, 0.1) is 108 Å². The Balaban J connectivity index is 0.00000134. The zero-order valence-electron chi connectivity index (χ0n) is 78.2. The number of aliphatic carboxylic acids is 3. The highest BCUT2D eigenvalue weighted by Gasteiger charge is 2.26. The number of carbonyl (C=O) groups is 16. The first-order chi connectivity index (χ1) is 63.5. The minimum atomic E-state index is -1.19. The molecule has 6 amide bonds. The van der Waals surface area contributed by atoms with E-state index in [-0.39, 0.29) is 251 Å². The average molecular weight is 1880 g/mol. The van der Waals surface area contributed by atoms with E-state index in [9.17, 15) is 86.9 Å². The van der Waals surface area contributed by atoms with Gasteiger partial charge in [-0.1, -0.05) is 84.0 Å². The van der Waals surface area contributed by atoms with E-state index in [1.54, 1.807) is 38.2 Å². The minimum Gasteiger partial charge on any atom is -0.494 e. The summed E-state index contributed by atoms with van der Waals surface area (Å²) in [6, 6.07) is 10.5. The number of amides is 6. The molecule has 5 atom stereocenters. The maximum atomic E-state index is 12.8. The van der Waals surface area contributed by atoms with Gasteiger partial charge < -0.3 is 110 Å². The molecule has 2 aromatic rings. The molecule has 0 bridgehead atoms. The van der Waals surface area contributed by atoms with Crippen molar-refractivity contribution >= 4 is 94.2 Å². The van der Waals surface area contributed by atoms with Crippen molar-refractivity contribution in [2.75, 3.05) is 152 Å². The van der Waals surface area contributed by atoms with Crippen LogP contribution in [0.2, 0.25) is 0 Å². The van der Waals surface area contributed by atoms with Crippen LogP contribution in [0, 0.1) is 11.8 Å². The van der Waals surface area contributed by atoms with E-state index in [1.807, 2.05) is 6.92 Å². The Hall–Kier alpha value is -9.80. The summed E-state index contributed by atoms with van der Waals surface area (Å²) in [5, 5.41) is 65.0. The van der Waals surface area contributed by atoms with Gasteiger partial charge in [0, 0.05) is 96.7 Å². The van der Waals surface area contributed by atoms with E-state index in [4.69, 9.17) is 62.7 Å². The molecule has 0 aliphatic carbocycles. The summed E-state index contributed by atoms with van der Waals surface area (Å²) < 4.78 is 54.3. The summed E-state index contributed by atoms with van der Waals surface area (Å²) in [6.07, 6.45) is 20.2. The number of Topliss-reactive ketones (excluding diaryl/α,β-unsaturated/α-hetero) is 5. The number of aromatic carboxylic acids is 2. The summed E-state index contributed by atoms with van der Waals surface area (Å²) in [5.74, 6) is -7.49. The van der Waals surface area contributed by atoms with Crippen LogP contribution in [0.15, 0.2) is 48.5 Å². The van der Waals surface area contributed by atoms with Crippen molar-refractivity contribution in [1.82, 2.24) is 37.2 Å². The molecule has 0 fully saturated rings. The van der Waals surface area contributed by atoms with Gasteiger partial charge in [0.2, 0.25) is 35.4 Å². The molecule has 0 unspecified atom stereocenters. The molecule has 38 heteroatoms. The number of ketones is 5. The number of hydrogen-bond donors (Lipinski definition) is 12. The molecule has 0 aliphatic rings. The second-order valence-corrected chi connectivity index (χ2v) is 32.0. The van der Waals surface area contributed by atoms with Gasteiger partial charge >= 0.3 is 29.8 Å². The number of hydrogen-bond acceptors (Lipinski definition) is 27. The van der Waals surface area contributed by atoms with Crippen LogP contribution in [0.1, 0.15) is 266 Å². The number of likely N-dealkylation sites (N-methyl/N-ethyl adjacent to an activating group) is 1. The molecule has 38 nitrogen and oxygen atoms in total. The van der Waals surface area contributed by atoms with Crippen LogP contribution >= 0.6 is 0 Å². The van der Waals surface area contributed by atoms with Crippen LogP contribution in [0.4, 0.5) is 0 Å². The molecule has 12 N–H and O–H groups in total. The highest BCUT2D eigenvalue weighted by molar-refractivity contribution is 5.90. The lowest BCUT2D eigenvalue weighted by Crippen LogP contribution is -2.43. The third kappa shape index (κ3) is 70.0. The summed E-state index contributed by atoms with van der Waals surface area (Å²) in [5.41, 5.74) is 0.430. The highest BCUT2D eigenvalue weighted by Crippen LogP contribution is 2.21. The maximum Gasteiger partial charge on any atom is 0.335 e. The van der Waals surface area contributed by atoms with Gasteiger partial charge in [-0.25, -0.2) is 14.4 Å². The predicted molar refractivity (Wildman–Crippen MR) is 487 cm³/mol. The number of ether oxygens (including phenoxy) is 10. The Kier molecular flexibility index (Phi) is 73.6. The smallest absolute Gasteiger partial charge is 0.335 e. The lowest BCUT2D eigenvalue weighted by atomic mass is 9.94. The van der Waals surface area contributed by atoms with E-state index in [0.717, 1.165) is 103 Å². The minimum absolute atomic E-state index is 0.000451. The average Bonchev–Trinajstić information content (AvgIpc) is 0.898. The normalized spacial score (nSPS) is 12.2. The highest BCUT2D eigenvalue weighted by atomic mass is 16.5. The molecule has 2 aromatic carbocycles. The molecule has 0 heterocycles. The predicted octanol–water partition coefficient (Wildman–Crippen LogP) is 8.73. The van der Waals surface area contributed by atoms with E-state index < -0.39 is 47.8 Å². The first-order valence-electron chi connectivity index (χ1n) is 46.7. The van der Waals surface area contributed by atoms with Crippen LogP contribution in [0.25, 0.3) is 0 Å². The molecular formula is C94H151N7O31. The number of unbranched alkanes of at least 4 members (excludes halogenated alkanes) is 14. The molecule has 0 aromatic heterocycles. The maximum absolute atomic E-state index is 12.8. The van der Waals surface area contributed by atoms with E-state index in [2.05, 4.69) is 37.2 Å². The monoisotopic (exact) mass is 1870 g/mol. The van der Waals surface area contributed by atoms with Crippen molar-refractivity contribution in [2.45, 2.75) is 264 Å². The second kappa shape index (κ2) is 80.8. The number of carboxylic acids is 5. The van der Waals surface area contributed by atoms with Gasteiger partial charge in [-0.3, -0.25) is 62.3 Å². The zero-order chi connectivity index (χ0) is 97.4. The van der Waals surface area contributed by atoms with Crippen LogP contribution in [-0.4, -0.2) is 290 Å². The van der Waals surface area contributed by atoms with Crippen molar-refractivity contribution in [3.05, 3.63) is 59.7 Å². The fraction of sp³-hybridized carbons (Fsp3) is 0.702. The molecule has 0 spiro atoms. The van der Waals surface area contributed by atoms with Gasteiger partial charge in [-0.15, -0.1) is 0 Å². The number of carbonyl (C=O) groups excluding carboxylic acids is 11. The molecular weight excluding hydrogens is 1720 g/mol. The third-order valence-electron chi connectivity index (χ3n) is 20.7. The summed E-state index contributed by atoms with van der Waals surface area (Å²) in [4.78, 5) is 189. The van der Waals surface area contributed by atoms with Crippen molar-refractivity contribution in [1.29, 1.82) is 0 Å². The number of benzene rings is 2.